The topological polar surface area (TPSA) is 72.2 Å². The predicted molar refractivity (Wildman–Crippen MR) is 66.6 cm³/mol. The first kappa shape index (κ1) is 11.7. The van der Waals surface area contributed by atoms with Crippen LogP contribution >= 0.6 is 0 Å². The number of hydrogen-bond acceptors (Lipinski definition) is 4. The van der Waals surface area contributed by atoms with E-state index in [-0.39, 0.29) is 10.9 Å². The number of nitrogens with one attached hydrogen (secondary N) is 1. The Hall–Kier alpha value is -1.40. The highest BCUT2D eigenvalue weighted by Crippen LogP contribution is 2.22. The van der Waals surface area contributed by atoms with E-state index >= 15 is 0 Å². The van der Waals surface area contributed by atoms with Crippen LogP contribution in [-0.2, 0) is 10.0 Å². The number of benzene rings is 1. The van der Waals surface area contributed by atoms with E-state index in [2.05, 4.69) is 9.71 Å². The van der Waals surface area contributed by atoms with E-state index in [4.69, 9.17) is 4.42 Å². The van der Waals surface area contributed by atoms with Gasteiger partial charge in [0.05, 0.1) is 4.90 Å². The van der Waals surface area contributed by atoms with Crippen molar-refractivity contribution in [3.63, 3.8) is 0 Å². The van der Waals surface area contributed by atoms with Crippen molar-refractivity contribution in [3.05, 3.63) is 24.6 Å². The molecule has 0 amide bonds. The van der Waals surface area contributed by atoms with E-state index in [1.54, 1.807) is 12.1 Å². The van der Waals surface area contributed by atoms with Gasteiger partial charge < -0.3 is 4.42 Å². The minimum absolute atomic E-state index is 0.0698. The highest BCUT2D eigenvalue weighted by molar-refractivity contribution is 7.89. The minimum atomic E-state index is -3.45. The maximum absolute atomic E-state index is 12.2. The number of aromatic nitrogens is 1. The number of fused-ring (bicyclic) bond motifs is 1. The van der Waals surface area contributed by atoms with Crippen LogP contribution in [-0.4, -0.2) is 19.4 Å². The molecule has 1 N–H and O–H groups in total. The van der Waals surface area contributed by atoms with Crippen LogP contribution in [0.2, 0.25) is 0 Å². The minimum Gasteiger partial charge on any atom is -0.443 e. The highest BCUT2D eigenvalue weighted by atomic mass is 32.2. The fraction of sp³-hybridized carbons (Fsp3) is 0.417. The Balaban J connectivity index is 1.91. The van der Waals surface area contributed by atoms with Gasteiger partial charge in [-0.1, -0.05) is 12.8 Å². The maximum Gasteiger partial charge on any atom is 0.240 e. The predicted octanol–water partition coefficient (Wildman–Crippen LogP) is 2.05. The Morgan fingerprint density at radius 1 is 1.28 bits per heavy atom. The van der Waals surface area contributed by atoms with Crippen LogP contribution in [0.15, 0.2) is 33.9 Å². The molecule has 0 radical (unpaired) electrons. The summed E-state index contributed by atoms with van der Waals surface area (Å²) >= 11 is 0. The molecule has 1 saturated carbocycles. The van der Waals surface area contributed by atoms with Gasteiger partial charge in [0.1, 0.15) is 5.52 Å². The zero-order valence-electron chi connectivity index (χ0n) is 9.80. The Labute approximate surface area is 105 Å². The standard InChI is InChI=1S/C12H14N2O3S/c15-18(16,14-9-3-1-2-4-9)10-5-6-11-12(7-10)17-8-13-11/h5-9,14H,1-4H2. The third-order valence-corrected chi connectivity index (χ3v) is 4.81. The van der Waals surface area contributed by atoms with Crippen LogP contribution in [0.4, 0.5) is 0 Å². The van der Waals surface area contributed by atoms with Gasteiger partial charge in [-0.05, 0) is 25.0 Å². The SMILES string of the molecule is O=S(=O)(NC1CCCC1)c1ccc2ncoc2c1. The number of oxazole rings is 1. The second-order valence-electron chi connectivity index (χ2n) is 4.58. The van der Waals surface area contributed by atoms with E-state index in [0.717, 1.165) is 25.7 Å². The molecular weight excluding hydrogens is 252 g/mol. The van der Waals surface area contributed by atoms with Crippen LogP contribution in [0.25, 0.3) is 11.1 Å². The summed E-state index contributed by atoms with van der Waals surface area (Å²) in [5.41, 5.74) is 1.15. The van der Waals surface area contributed by atoms with Gasteiger partial charge in [0.25, 0.3) is 0 Å². The lowest BCUT2D eigenvalue weighted by molar-refractivity contribution is 0.551. The molecule has 0 aliphatic heterocycles. The number of hydrogen-bond donors (Lipinski definition) is 1. The highest BCUT2D eigenvalue weighted by Gasteiger charge is 2.23. The molecule has 96 valence electrons. The molecule has 0 saturated heterocycles. The van der Waals surface area contributed by atoms with Gasteiger partial charge >= 0.3 is 0 Å². The molecule has 1 aliphatic rings. The van der Waals surface area contributed by atoms with Gasteiger partial charge in [-0.15, -0.1) is 0 Å². The second-order valence-corrected chi connectivity index (χ2v) is 6.30. The first-order valence-electron chi connectivity index (χ1n) is 6.01. The molecule has 2 aromatic rings. The van der Waals surface area contributed by atoms with Crippen molar-refractivity contribution in [2.45, 2.75) is 36.6 Å². The number of sulfonamides is 1. The molecule has 1 heterocycles. The Morgan fingerprint density at radius 2 is 2.06 bits per heavy atom. The smallest absolute Gasteiger partial charge is 0.240 e. The van der Waals surface area contributed by atoms with Crippen LogP contribution in [0, 0.1) is 0 Å². The summed E-state index contributed by atoms with van der Waals surface area (Å²) in [6, 6.07) is 4.80. The monoisotopic (exact) mass is 266 g/mol. The van der Waals surface area contributed by atoms with Crippen molar-refractivity contribution in [3.8, 4) is 0 Å². The molecule has 5 nitrogen and oxygen atoms in total. The Bertz CT molecular complexity index is 657. The summed E-state index contributed by atoms with van der Waals surface area (Å²) < 4.78 is 32.2. The fourth-order valence-corrected chi connectivity index (χ4v) is 3.65. The van der Waals surface area contributed by atoms with Crippen molar-refractivity contribution < 1.29 is 12.8 Å². The molecule has 0 spiro atoms. The van der Waals surface area contributed by atoms with E-state index in [1.165, 1.54) is 12.5 Å². The van der Waals surface area contributed by atoms with Gasteiger partial charge in [-0.3, -0.25) is 0 Å². The van der Waals surface area contributed by atoms with Crippen molar-refractivity contribution in [1.29, 1.82) is 0 Å². The molecular formula is C12H14N2O3S. The number of nitrogens with zero attached hydrogens (tertiary/aromatic N) is 1. The molecule has 6 heteroatoms. The van der Waals surface area contributed by atoms with Crippen LogP contribution in [0.5, 0.6) is 0 Å². The average molecular weight is 266 g/mol. The van der Waals surface area contributed by atoms with Crippen molar-refractivity contribution in [2.24, 2.45) is 0 Å². The summed E-state index contributed by atoms with van der Waals surface area (Å²) in [5.74, 6) is 0. The lowest BCUT2D eigenvalue weighted by Gasteiger charge is -2.12. The first-order valence-corrected chi connectivity index (χ1v) is 7.49. The lowest BCUT2D eigenvalue weighted by Crippen LogP contribution is -2.32. The molecule has 1 fully saturated rings. The van der Waals surface area contributed by atoms with Gasteiger partial charge in [0.2, 0.25) is 10.0 Å². The maximum atomic E-state index is 12.2. The third kappa shape index (κ3) is 2.13. The van der Waals surface area contributed by atoms with Gasteiger partial charge in [-0.2, -0.15) is 0 Å². The summed E-state index contributed by atoms with van der Waals surface area (Å²) in [7, 11) is -3.45. The largest absolute Gasteiger partial charge is 0.443 e. The first-order chi connectivity index (χ1) is 8.65. The molecule has 0 unspecified atom stereocenters. The van der Waals surface area contributed by atoms with E-state index < -0.39 is 10.0 Å². The van der Waals surface area contributed by atoms with Crippen LogP contribution < -0.4 is 4.72 Å². The second kappa shape index (κ2) is 4.37. The van der Waals surface area contributed by atoms with E-state index in [0.29, 0.717) is 11.1 Å². The summed E-state index contributed by atoms with van der Waals surface area (Å²) in [6.45, 7) is 0. The van der Waals surface area contributed by atoms with Crippen molar-refractivity contribution in [1.82, 2.24) is 9.71 Å². The zero-order chi connectivity index (χ0) is 12.6. The molecule has 3 rings (SSSR count). The molecule has 0 atom stereocenters. The van der Waals surface area contributed by atoms with E-state index in [9.17, 15) is 8.42 Å². The Kier molecular flexibility index (Phi) is 2.83. The van der Waals surface area contributed by atoms with Crippen LogP contribution in [0.1, 0.15) is 25.7 Å². The fourth-order valence-electron chi connectivity index (χ4n) is 2.33. The quantitative estimate of drug-likeness (QED) is 0.922. The normalized spacial score (nSPS) is 17.6. The summed E-state index contributed by atoms with van der Waals surface area (Å²) in [4.78, 5) is 4.20. The molecule has 1 aromatic carbocycles. The molecule has 0 bridgehead atoms. The summed E-state index contributed by atoms with van der Waals surface area (Å²) in [6.07, 6.45) is 5.33. The van der Waals surface area contributed by atoms with Gasteiger partial charge in [-0.25, -0.2) is 18.1 Å². The van der Waals surface area contributed by atoms with E-state index in [1.807, 2.05) is 0 Å². The molecule has 1 aliphatic carbocycles. The zero-order valence-corrected chi connectivity index (χ0v) is 10.6. The third-order valence-electron chi connectivity index (χ3n) is 3.29. The Morgan fingerprint density at radius 3 is 2.83 bits per heavy atom. The lowest BCUT2D eigenvalue weighted by atomic mass is 10.3. The number of rotatable bonds is 3. The van der Waals surface area contributed by atoms with Crippen molar-refractivity contribution in [2.75, 3.05) is 0 Å². The average Bonchev–Trinajstić information content (AvgIpc) is 2.97. The van der Waals surface area contributed by atoms with Crippen molar-refractivity contribution >= 4 is 21.1 Å². The summed E-state index contributed by atoms with van der Waals surface area (Å²) in [5, 5.41) is 0. The van der Waals surface area contributed by atoms with Gasteiger partial charge in [0.15, 0.2) is 12.0 Å². The molecule has 18 heavy (non-hydrogen) atoms. The molecule has 1 aromatic heterocycles. The van der Waals surface area contributed by atoms with Crippen LogP contribution in [0.3, 0.4) is 0 Å². The van der Waals surface area contributed by atoms with Gasteiger partial charge in [0, 0.05) is 12.1 Å².